The third-order valence-electron chi connectivity index (χ3n) is 0.365. The molecule has 0 bridgehead atoms. The average Bonchev–Trinajstić information content (AvgIpc) is 1.68. The first-order chi connectivity index (χ1) is 4.06. The van der Waals surface area contributed by atoms with Crippen LogP contribution in [0.2, 0.25) is 0 Å². The van der Waals surface area contributed by atoms with Gasteiger partial charge >= 0.3 is 29.6 Å². The fourth-order valence-corrected chi connectivity index (χ4v) is 0. The first kappa shape index (κ1) is 17.2. The fraction of sp³-hybridized carbons (Fsp3) is 0.800. The summed E-state index contributed by atoms with van der Waals surface area (Å²) in [7, 11) is 3.66. The summed E-state index contributed by atoms with van der Waals surface area (Å²) in [5.41, 5.74) is 0. The molecule has 2 nitrogen and oxygen atoms in total. The largest absolute Gasteiger partial charge is 1.00 e. The number of aliphatic hydroxyl groups excluding tert-OH is 1. The normalized spacial score (nSPS) is 6.40. The molecule has 56 valence electrons. The van der Waals surface area contributed by atoms with Gasteiger partial charge in [-0.05, 0) is 6.92 Å². The number of nitrogens with zero attached hydrogens (tertiary/aromatic N) is 1. The van der Waals surface area contributed by atoms with Crippen molar-refractivity contribution in [1.29, 1.82) is 0 Å². The van der Waals surface area contributed by atoms with E-state index in [1.54, 1.807) is 11.8 Å². The molecule has 0 unspecified atom stereocenters. The Morgan fingerprint density at radius 1 is 1.60 bits per heavy atom. The van der Waals surface area contributed by atoms with Gasteiger partial charge in [0.2, 0.25) is 0 Å². The van der Waals surface area contributed by atoms with E-state index in [4.69, 9.17) is 5.11 Å². The Kier molecular flexibility index (Phi) is 21.9. The second kappa shape index (κ2) is 12.7. The Morgan fingerprint density at radius 2 is 1.70 bits per heavy atom. The van der Waals surface area contributed by atoms with Gasteiger partial charge in [-0.2, -0.15) is 0 Å². The van der Waals surface area contributed by atoms with Crippen LogP contribution in [0.1, 0.15) is 6.92 Å². The summed E-state index contributed by atoms with van der Waals surface area (Å²) in [4.78, 5) is 1.71. The molecule has 0 saturated carbocycles. The third-order valence-corrected chi connectivity index (χ3v) is 1.10. The molecule has 5 heteroatoms. The quantitative estimate of drug-likeness (QED) is 0.256. The molecule has 0 aliphatic carbocycles. The van der Waals surface area contributed by atoms with E-state index in [0.717, 1.165) is 0 Å². The molecule has 0 aromatic heterocycles. The van der Waals surface area contributed by atoms with Crippen molar-refractivity contribution < 1.29 is 34.7 Å². The number of hydrogen-bond donors (Lipinski definition) is 1. The summed E-state index contributed by atoms with van der Waals surface area (Å²) >= 11 is 9.12. The van der Waals surface area contributed by atoms with Crippen LogP contribution in [0.25, 0.3) is 0 Å². The minimum absolute atomic E-state index is 0. The van der Waals surface area contributed by atoms with Gasteiger partial charge in [0.1, 0.15) is 0 Å². The van der Waals surface area contributed by atoms with Gasteiger partial charge in [0.05, 0.1) is 0 Å². The first-order valence-corrected chi connectivity index (χ1v) is 3.37. The summed E-state index contributed by atoms with van der Waals surface area (Å²) in [6.07, 6.45) is 0. The molecule has 0 aromatic carbocycles. The van der Waals surface area contributed by atoms with Crippen LogP contribution < -0.4 is 29.6 Å². The van der Waals surface area contributed by atoms with Gasteiger partial charge in [-0.3, -0.25) is 0 Å². The molecule has 0 heterocycles. The standard InChI is InChI=1S/C3H7NS2.C2H6O.Na/c1-4(2)3(5)6;1-2-3;/h1-2H3,(H,5,6);3H,2H2,1H3;/q;;+1/p-1. The van der Waals surface area contributed by atoms with Crippen LogP contribution in [-0.4, -0.2) is 35.0 Å². The molecular formula is C5H12NNaOS2. The van der Waals surface area contributed by atoms with Crippen LogP contribution in [0.5, 0.6) is 0 Å². The van der Waals surface area contributed by atoms with Gasteiger partial charge in [0.25, 0.3) is 0 Å². The molecule has 0 aromatic rings. The maximum atomic E-state index is 7.57. The van der Waals surface area contributed by atoms with E-state index in [-0.39, 0.29) is 36.2 Å². The van der Waals surface area contributed by atoms with E-state index in [2.05, 4.69) is 24.8 Å². The van der Waals surface area contributed by atoms with E-state index in [0.29, 0.717) is 4.32 Å². The molecule has 0 rings (SSSR count). The number of hydrogen-bond acceptors (Lipinski definition) is 3. The SMILES string of the molecule is CCO.CN(C)C(=S)[S-].[Na+]. The number of thiocarbonyl (C=S) groups is 1. The maximum absolute atomic E-state index is 7.57. The van der Waals surface area contributed by atoms with Crippen LogP contribution in [0.4, 0.5) is 0 Å². The van der Waals surface area contributed by atoms with Crippen molar-refractivity contribution in [3.8, 4) is 0 Å². The molecule has 1 N–H and O–H groups in total. The second-order valence-corrected chi connectivity index (χ2v) is 2.51. The smallest absolute Gasteiger partial charge is 0.411 e. The average molecular weight is 189 g/mol. The molecule has 0 aliphatic rings. The van der Waals surface area contributed by atoms with Crippen molar-refractivity contribution in [2.45, 2.75) is 6.92 Å². The van der Waals surface area contributed by atoms with Crippen LogP contribution >= 0.6 is 12.2 Å². The summed E-state index contributed by atoms with van der Waals surface area (Å²) in [6, 6.07) is 0. The van der Waals surface area contributed by atoms with Gasteiger partial charge in [-0.15, -0.1) is 0 Å². The Balaban J connectivity index is -0.000000107. The first-order valence-electron chi connectivity index (χ1n) is 2.55. The molecule has 0 saturated heterocycles. The van der Waals surface area contributed by atoms with Crippen molar-refractivity contribution in [3.63, 3.8) is 0 Å². The van der Waals surface area contributed by atoms with Crippen LogP contribution in [-0.2, 0) is 12.6 Å². The Bertz CT molecular complexity index is 80.0. The molecule has 0 radical (unpaired) electrons. The summed E-state index contributed by atoms with van der Waals surface area (Å²) in [5, 5.41) is 7.57. The van der Waals surface area contributed by atoms with Crippen molar-refractivity contribution >= 4 is 29.2 Å². The summed E-state index contributed by atoms with van der Waals surface area (Å²) in [6.45, 7) is 1.93. The van der Waals surface area contributed by atoms with Gasteiger partial charge in [-0.1, -0.05) is 4.32 Å². The maximum Gasteiger partial charge on any atom is 1.00 e. The van der Waals surface area contributed by atoms with Gasteiger partial charge in [0, 0.05) is 20.7 Å². The van der Waals surface area contributed by atoms with Crippen LogP contribution in [0.15, 0.2) is 0 Å². The van der Waals surface area contributed by atoms with Crippen molar-refractivity contribution in [3.05, 3.63) is 0 Å². The Hall–Kier alpha value is 1.07. The molecule has 0 fully saturated rings. The van der Waals surface area contributed by atoms with E-state index in [1.807, 2.05) is 14.1 Å². The molecular weight excluding hydrogens is 177 g/mol. The minimum atomic E-state index is 0. The number of rotatable bonds is 0. The Morgan fingerprint density at radius 3 is 1.70 bits per heavy atom. The Labute approximate surface area is 95.7 Å². The van der Waals surface area contributed by atoms with Crippen LogP contribution in [0.3, 0.4) is 0 Å². The van der Waals surface area contributed by atoms with Gasteiger partial charge in [-0.25, -0.2) is 0 Å². The summed E-state index contributed by atoms with van der Waals surface area (Å²) < 4.78 is 0.509. The predicted octanol–water partition coefficient (Wildman–Crippen LogP) is -2.62. The molecule has 0 aliphatic heterocycles. The predicted molar refractivity (Wildman–Crippen MR) is 46.4 cm³/mol. The molecule has 0 spiro atoms. The van der Waals surface area contributed by atoms with E-state index in [1.165, 1.54) is 0 Å². The fourth-order valence-electron chi connectivity index (χ4n) is 0. The van der Waals surface area contributed by atoms with E-state index < -0.39 is 0 Å². The number of aliphatic hydroxyl groups is 1. The van der Waals surface area contributed by atoms with Crippen molar-refractivity contribution in [2.24, 2.45) is 0 Å². The molecule has 10 heavy (non-hydrogen) atoms. The minimum Gasteiger partial charge on any atom is -0.411 e. The second-order valence-electron chi connectivity index (χ2n) is 1.48. The monoisotopic (exact) mass is 189 g/mol. The topological polar surface area (TPSA) is 23.5 Å². The summed E-state index contributed by atoms with van der Waals surface area (Å²) in [5.74, 6) is 0. The zero-order valence-corrected chi connectivity index (χ0v) is 10.6. The zero-order valence-electron chi connectivity index (χ0n) is 6.92. The van der Waals surface area contributed by atoms with Crippen molar-refractivity contribution in [1.82, 2.24) is 4.90 Å². The van der Waals surface area contributed by atoms with Gasteiger partial charge in [0.15, 0.2) is 0 Å². The van der Waals surface area contributed by atoms with Crippen LogP contribution in [0, 0.1) is 0 Å². The molecule has 0 atom stereocenters. The third kappa shape index (κ3) is 23.0. The van der Waals surface area contributed by atoms with Gasteiger partial charge < -0.3 is 34.9 Å². The molecule has 0 amide bonds. The van der Waals surface area contributed by atoms with E-state index in [9.17, 15) is 0 Å². The van der Waals surface area contributed by atoms with Crippen molar-refractivity contribution in [2.75, 3.05) is 20.7 Å². The zero-order chi connectivity index (χ0) is 7.86. The van der Waals surface area contributed by atoms with E-state index >= 15 is 0 Å².